The number of ether oxygens (including phenoxy) is 1. The van der Waals surface area contributed by atoms with Gasteiger partial charge in [0.1, 0.15) is 0 Å². The lowest BCUT2D eigenvalue weighted by Gasteiger charge is -2.10. The van der Waals surface area contributed by atoms with Gasteiger partial charge in [0.05, 0.1) is 31.2 Å². The molecule has 1 unspecified atom stereocenters. The van der Waals surface area contributed by atoms with Crippen molar-refractivity contribution in [1.82, 2.24) is 4.98 Å². The Morgan fingerprint density at radius 2 is 2.33 bits per heavy atom. The molecule has 1 heterocycles. The van der Waals surface area contributed by atoms with Crippen LogP contribution in [0.1, 0.15) is 24.5 Å². The van der Waals surface area contributed by atoms with Gasteiger partial charge in [-0.3, -0.25) is 9.59 Å². The lowest BCUT2D eigenvalue weighted by Crippen LogP contribution is -2.12. The molecule has 82 valence electrons. The van der Waals surface area contributed by atoms with E-state index in [1.165, 1.54) is 18.4 Å². The average molecular weight is 229 g/mol. The summed E-state index contributed by atoms with van der Waals surface area (Å²) < 4.78 is 4.50. The Morgan fingerprint density at radius 1 is 1.60 bits per heavy atom. The van der Waals surface area contributed by atoms with Gasteiger partial charge in [-0.25, -0.2) is 4.98 Å². The number of carboxylic acids is 1. The van der Waals surface area contributed by atoms with Crippen molar-refractivity contribution < 1.29 is 19.4 Å². The normalized spacial score (nSPS) is 12.1. The number of nitrogens with zero attached hydrogens (tertiary/aromatic N) is 1. The molecule has 0 saturated heterocycles. The predicted molar refractivity (Wildman–Crippen MR) is 53.7 cm³/mol. The van der Waals surface area contributed by atoms with Gasteiger partial charge in [-0.05, 0) is 0 Å². The second kappa shape index (κ2) is 5.45. The third-order valence-corrected chi connectivity index (χ3v) is 2.54. The number of hydrogen-bond donors (Lipinski definition) is 1. The molecule has 0 aliphatic heterocycles. The molecule has 0 aliphatic rings. The fourth-order valence-electron chi connectivity index (χ4n) is 1.20. The van der Waals surface area contributed by atoms with Gasteiger partial charge in [-0.15, -0.1) is 11.3 Å². The maximum atomic E-state index is 11.1. The van der Waals surface area contributed by atoms with Crippen molar-refractivity contribution in [3.63, 3.8) is 0 Å². The van der Waals surface area contributed by atoms with Crippen molar-refractivity contribution in [2.75, 3.05) is 7.11 Å². The van der Waals surface area contributed by atoms with Crippen LogP contribution < -0.4 is 0 Å². The Bertz CT molecular complexity index is 336. The summed E-state index contributed by atoms with van der Waals surface area (Å²) in [6, 6.07) is 0. The highest BCUT2D eigenvalue weighted by Gasteiger charge is 2.21. The molecule has 0 fully saturated rings. The Hall–Kier alpha value is -1.43. The van der Waals surface area contributed by atoms with Crippen molar-refractivity contribution in [3.05, 3.63) is 16.6 Å². The number of esters is 1. The van der Waals surface area contributed by atoms with Crippen LogP contribution in [0.4, 0.5) is 0 Å². The van der Waals surface area contributed by atoms with Gasteiger partial charge in [0, 0.05) is 11.3 Å². The molecule has 0 saturated carbocycles. The fraction of sp³-hybridized carbons (Fsp3) is 0.444. The van der Waals surface area contributed by atoms with E-state index in [1.54, 1.807) is 10.9 Å². The van der Waals surface area contributed by atoms with Crippen LogP contribution in [-0.4, -0.2) is 29.1 Å². The molecule has 1 N–H and O–H groups in total. The van der Waals surface area contributed by atoms with E-state index in [4.69, 9.17) is 5.11 Å². The Morgan fingerprint density at radius 3 is 2.80 bits per heavy atom. The number of aliphatic carboxylic acids is 1. The van der Waals surface area contributed by atoms with Crippen LogP contribution in [-0.2, 0) is 14.3 Å². The van der Waals surface area contributed by atoms with Crippen LogP contribution in [0.15, 0.2) is 10.9 Å². The summed E-state index contributed by atoms with van der Waals surface area (Å²) in [6.07, 6.45) is -0.0641. The van der Waals surface area contributed by atoms with Gasteiger partial charge in [0.15, 0.2) is 0 Å². The first kappa shape index (κ1) is 11.6. The van der Waals surface area contributed by atoms with E-state index in [0.29, 0.717) is 5.69 Å². The summed E-state index contributed by atoms with van der Waals surface area (Å²) >= 11 is 1.37. The molecule has 6 heteroatoms. The summed E-state index contributed by atoms with van der Waals surface area (Å²) in [5.74, 6) is -1.77. The van der Waals surface area contributed by atoms with Gasteiger partial charge in [-0.2, -0.15) is 0 Å². The van der Waals surface area contributed by atoms with Crippen LogP contribution in [0, 0.1) is 0 Å². The standard InChI is InChI=1S/C9H11NO4S/c1-14-9(13)3-6(2-8(11)12)7-4-15-5-10-7/h4-6H,2-3H2,1H3,(H,11,12). The number of thiazole rings is 1. The molecule has 1 rings (SSSR count). The molecule has 0 aromatic carbocycles. The van der Waals surface area contributed by atoms with E-state index in [0.717, 1.165) is 0 Å². The van der Waals surface area contributed by atoms with E-state index in [-0.39, 0.29) is 12.8 Å². The molecule has 0 radical (unpaired) electrons. The first-order valence-corrected chi connectivity index (χ1v) is 5.24. The first-order valence-electron chi connectivity index (χ1n) is 4.30. The van der Waals surface area contributed by atoms with Crippen molar-refractivity contribution in [2.45, 2.75) is 18.8 Å². The number of hydrogen-bond acceptors (Lipinski definition) is 5. The van der Waals surface area contributed by atoms with Crippen molar-refractivity contribution in [3.8, 4) is 0 Å². The number of rotatable bonds is 5. The highest BCUT2D eigenvalue weighted by Crippen LogP contribution is 2.23. The van der Waals surface area contributed by atoms with Crippen molar-refractivity contribution in [1.29, 1.82) is 0 Å². The highest BCUT2D eigenvalue weighted by atomic mass is 32.1. The summed E-state index contributed by atoms with van der Waals surface area (Å²) in [7, 11) is 1.28. The molecule has 5 nitrogen and oxygen atoms in total. The third-order valence-electron chi connectivity index (χ3n) is 1.93. The van der Waals surface area contributed by atoms with Gasteiger partial charge in [0.2, 0.25) is 0 Å². The van der Waals surface area contributed by atoms with E-state index >= 15 is 0 Å². The molecule has 15 heavy (non-hydrogen) atoms. The molecule has 0 spiro atoms. The average Bonchev–Trinajstić information content (AvgIpc) is 2.68. The van der Waals surface area contributed by atoms with Gasteiger partial charge >= 0.3 is 11.9 Å². The fourth-order valence-corrected chi connectivity index (χ4v) is 1.84. The van der Waals surface area contributed by atoms with Crippen LogP contribution in [0.2, 0.25) is 0 Å². The quantitative estimate of drug-likeness (QED) is 0.769. The zero-order valence-electron chi connectivity index (χ0n) is 8.17. The molecule has 1 atom stereocenters. The second-order valence-corrected chi connectivity index (χ2v) is 3.71. The van der Waals surface area contributed by atoms with Crippen molar-refractivity contribution in [2.24, 2.45) is 0 Å². The molecule has 0 amide bonds. The van der Waals surface area contributed by atoms with E-state index in [9.17, 15) is 9.59 Å². The molecular formula is C9H11NO4S. The minimum atomic E-state index is -0.947. The summed E-state index contributed by atoms with van der Waals surface area (Å²) in [5, 5.41) is 10.4. The van der Waals surface area contributed by atoms with Crippen LogP contribution >= 0.6 is 11.3 Å². The lowest BCUT2D eigenvalue weighted by atomic mass is 9.98. The molecule has 0 bridgehead atoms. The molecule has 1 aromatic heterocycles. The molecular weight excluding hydrogens is 218 g/mol. The Labute approximate surface area is 90.7 Å². The second-order valence-electron chi connectivity index (χ2n) is 2.99. The summed E-state index contributed by atoms with van der Waals surface area (Å²) in [6.45, 7) is 0. The predicted octanol–water partition coefficient (Wildman–Crippen LogP) is 1.26. The van der Waals surface area contributed by atoms with Gasteiger partial charge in [-0.1, -0.05) is 0 Å². The molecule has 1 aromatic rings. The minimum Gasteiger partial charge on any atom is -0.481 e. The number of methoxy groups -OCH3 is 1. The van der Waals surface area contributed by atoms with E-state index in [1.807, 2.05) is 0 Å². The zero-order chi connectivity index (χ0) is 11.3. The molecule has 0 aliphatic carbocycles. The monoisotopic (exact) mass is 229 g/mol. The van der Waals surface area contributed by atoms with Crippen LogP contribution in [0.25, 0.3) is 0 Å². The summed E-state index contributed by atoms with van der Waals surface area (Å²) in [5.41, 5.74) is 2.24. The number of carbonyl (C=O) groups excluding carboxylic acids is 1. The number of aromatic nitrogens is 1. The van der Waals surface area contributed by atoms with Gasteiger partial charge in [0.25, 0.3) is 0 Å². The Balaban J connectivity index is 2.70. The SMILES string of the molecule is COC(=O)CC(CC(=O)O)c1cscn1. The lowest BCUT2D eigenvalue weighted by molar-refractivity contribution is -0.141. The van der Waals surface area contributed by atoms with Crippen LogP contribution in [0.3, 0.4) is 0 Å². The Kier molecular flexibility index (Phi) is 4.23. The van der Waals surface area contributed by atoms with Crippen LogP contribution in [0.5, 0.6) is 0 Å². The minimum absolute atomic E-state index is 0.0481. The van der Waals surface area contributed by atoms with E-state index < -0.39 is 17.9 Å². The first-order chi connectivity index (χ1) is 7.13. The zero-order valence-corrected chi connectivity index (χ0v) is 8.99. The highest BCUT2D eigenvalue weighted by molar-refractivity contribution is 7.07. The largest absolute Gasteiger partial charge is 0.481 e. The smallest absolute Gasteiger partial charge is 0.306 e. The third kappa shape index (κ3) is 3.67. The maximum absolute atomic E-state index is 11.1. The maximum Gasteiger partial charge on any atom is 0.306 e. The summed E-state index contributed by atoms with van der Waals surface area (Å²) in [4.78, 5) is 25.7. The van der Waals surface area contributed by atoms with E-state index in [2.05, 4.69) is 9.72 Å². The number of carboxylic acid groups (broad SMARTS) is 1. The van der Waals surface area contributed by atoms with Crippen molar-refractivity contribution >= 4 is 23.3 Å². The number of carbonyl (C=O) groups is 2. The van der Waals surface area contributed by atoms with Gasteiger partial charge < -0.3 is 9.84 Å². The topological polar surface area (TPSA) is 76.5 Å².